The van der Waals surface area contributed by atoms with E-state index in [9.17, 15) is 4.79 Å². The summed E-state index contributed by atoms with van der Waals surface area (Å²) >= 11 is 0. The van der Waals surface area contributed by atoms with Crippen molar-refractivity contribution >= 4 is 5.78 Å². The molecule has 1 nitrogen and oxygen atoms in total. The molecule has 13 heavy (non-hydrogen) atoms. The van der Waals surface area contributed by atoms with E-state index < -0.39 is 0 Å². The second kappa shape index (κ2) is 3.91. The maximum atomic E-state index is 11.6. The highest BCUT2D eigenvalue weighted by atomic mass is 16.1. The van der Waals surface area contributed by atoms with Gasteiger partial charge in [-0.05, 0) is 38.2 Å². The molecule has 0 aliphatic heterocycles. The van der Waals surface area contributed by atoms with E-state index in [0.717, 1.165) is 24.0 Å². The Hall–Kier alpha value is -0.850. The third-order valence-corrected chi connectivity index (χ3v) is 3.00. The summed E-state index contributed by atoms with van der Waals surface area (Å²) in [5.74, 6) is 0.710. The lowest BCUT2D eigenvalue weighted by Gasteiger charge is -2.24. The van der Waals surface area contributed by atoms with Gasteiger partial charge in [0.1, 0.15) is 0 Å². The van der Waals surface area contributed by atoms with Gasteiger partial charge >= 0.3 is 0 Å². The number of ketones is 1. The summed E-state index contributed by atoms with van der Waals surface area (Å²) in [7, 11) is 0. The first kappa shape index (κ1) is 10.2. The van der Waals surface area contributed by atoms with Crippen LogP contribution >= 0.6 is 0 Å². The third kappa shape index (κ3) is 2.09. The van der Waals surface area contributed by atoms with Crippen LogP contribution in [0.5, 0.6) is 0 Å². The van der Waals surface area contributed by atoms with Crippen LogP contribution in [0.15, 0.2) is 23.3 Å². The Labute approximate surface area is 80.5 Å². The van der Waals surface area contributed by atoms with E-state index in [1.807, 2.05) is 13.8 Å². The molecular formula is C12H18O. The highest BCUT2D eigenvalue weighted by Gasteiger charge is 2.24. The maximum absolute atomic E-state index is 11.6. The van der Waals surface area contributed by atoms with Crippen molar-refractivity contribution < 1.29 is 4.79 Å². The summed E-state index contributed by atoms with van der Waals surface area (Å²) in [6, 6.07) is 0. The van der Waals surface area contributed by atoms with Crippen molar-refractivity contribution in [2.45, 2.75) is 40.0 Å². The second-order valence-electron chi connectivity index (χ2n) is 3.96. The van der Waals surface area contributed by atoms with Crippen LogP contribution < -0.4 is 0 Å². The average Bonchev–Trinajstić information content (AvgIpc) is 2.09. The van der Waals surface area contributed by atoms with Crippen molar-refractivity contribution in [1.82, 2.24) is 0 Å². The minimum absolute atomic E-state index is 0.316. The molecule has 0 saturated carbocycles. The first-order chi connectivity index (χ1) is 6.06. The van der Waals surface area contributed by atoms with Gasteiger partial charge in [-0.15, -0.1) is 0 Å². The number of hydrogen-bond acceptors (Lipinski definition) is 1. The van der Waals surface area contributed by atoms with E-state index >= 15 is 0 Å². The molecule has 1 aliphatic carbocycles. The molecule has 0 fully saturated rings. The zero-order chi connectivity index (χ0) is 10.0. The van der Waals surface area contributed by atoms with E-state index in [1.165, 1.54) is 5.57 Å². The Morgan fingerprint density at radius 3 is 2.62 bits per heavy atom. The Bertz CT molecular complexity index is 271. The third-order valence-electron chi connectivity index (χ3n) is 3.00. The number of carbonyl (C=O) groups is 1. The summed E-state index contributed by atoms with van der Waals surface area (Å²) in [4.78, 5) is 11.6. The predicted molar refractivity (Wildman–Crippen MR) is 55.5 cm³/mol. The molecular weight excluding hydrogens is 160 g/mol. The molecule has 1 aliphatic rings. The van der Waals surface area contributed by atoms with Gasteiger partial charge in [0, 0.05) is 6.42 Å². The van der Waals surface area contributed by atoms with Crippen molar-refractivity contribution in [1.29, 1.82) is 0 Å². The molecule has 0 unspecified atom stereocenters. The quantitative estimate of drug-likeness (QED) is 0.593. The van der Waals surface area contributed by atoms with Gasteiger partial charge in [0.25, 0.3) is 0 Å². The molecule has 72 valence electrons. The first-order valence-corrected chi connectivity index (χ1v) is 4.93. The zero-order valence-corrected chi connectivity index (χ0v) is 8.81. The van der Waals surface area contributed by atoms with Gasteiger partial charge in [0.15, 0.2) is 5.78 Å². The average molecular weight is 178 g/mol. The predicted octanol–water partition coefficient (Wildman–Crippen LogP) is 3.27. The minimum Gasteiger partial charge on any atom is -0.295 e. The van der Waals surface area contributed by atoms with Crippen LogP contribution in [0.1, 0.15) is 40.0 Å². The molecule has 0 spiro atoms. The standard InChI is InChI=1S/C12H18O/c1-5-10-6-11(8(2)3)7-12(13)9(10)4/h11H,2,5-7H2,1,3-4H3/t11-/m0/s1. The van der Waals surface area contributed by atoms with E-state index in [2.05, 4.69) is 13.5 Å². The lowest BCUT2D eigenvalue weighted by molar-refractivity contribution is -0.116. The molecule has 1 heteroatoms. The summed E-state index contributed by atoms with van der Waals surface area (Å²) < 4.78 is 0. The summed E-state index contributed by atoms with van der Waals surface area (Å²) in [6.45, 7) is 10.0. The molecule has 0 N–H and O–H groups in total. The summed E-state index contributed by atoms with van der Waals surface area (Å²) in [5.41, 5.74) is 3.47. The Morgan fingerprint density at radius 2 is 2.15 bits per heavy atom. The van der Waals surface area contributed by atoms with E-state index in [0.29, 0.717) is 18.1 Å². The van der Waals surface area contributed by atoms with Crippen LogP contribution in [0, 0.1) is 5.92 Å². The second-order valence-corrected chi connectivity index (χ2v) is 3.96. The Morgan fingerprint density at radius 1 is 1.54 bits per heavy atom. The fraction of sp³-hybridized carbons (Fsp3) is 0.583. The SMILES string of the molecule is C=C(C)[C@@H]1CC(=O)C(C)=C(CC)C1. The lowest BCUT2D eigenvalue weighted by atomic mass is 9.80. The molecule has 0 heterocycles. The van der Waals surface area contributed by atoms with E-state index in [1.54, 1.807) is 0 Å². The highest BCUT2D eigenvalue weighted by molar-refractivity contribution is 5.96. The highest BCUT2D eigenvalue weighted by Crippen LogP contribution is 2.32. The van der Waals surface area contributed by atoms with Crippen LogP contribution in [0.4, 0.5) is 0 Å². The number of carbonyl (C=O) groups excluding carboxylic acids is 1. The van der Waals surface area contributed by atoms with Gasteiger partial charge in [-0.3, -0.25) is 4.79 Å². The monoisotopic (exact) mass is 178 g/mol. The van der Waals surface area contributed by atoms with E-state index in [4.69, 9.17) is 0 Å². The van der Waals surface area contributed by atoms with Gasteiger partial charge in [-0.2, -0.15) is 0 Å². The van der Waals surface area contributed by atoms with Gasteiger partial charge in [-0.1, -0.05) is 24.6 Å². The van der Waals surface area contributed by atoms with Crippen molar-refractivity contribution in [2.24, 2.45) is 5.92 Å². The van der Waals surface area contributed by atoms with Crippen molar-refractivity contribution in [3.63, 3.8) is 0 Å². The fourth-order valence-electron chi connectivity index (χ4n) is 1.85. The number of allylic oxidation sites excluding steroid dienone is 3. The normalized spacial score (nSPS) is 23.6. The van der Waals surface area contributed by atoms with Crippen molar-refractivity contribution in [3.05, 3.63) is 23.3 Å². The van der Waals surface area contributed by atoms with Crippen molar-refractivity contribution in [2.75, 3.05) is 0 Å². The molecule has 1 atom stereocenters. The lowest BCUT2D eigenvalue weighted by Crippen LogP contribution is -2.18. The van der Waals surface area contributed by atoms with Gasteiger partial charge in [0.2, 0.25) is 0 Å². The smallest absolute Gasteiger partial charge is 0.159 e. The topological polar surface area (TPSA) is 17.1 Å². The van der Waals surface area contributed by atoms with Gasteiger partial charge < -0.3 is 0 Å². The van der Waals surface area contributed by atoms with Gasteiger partial charge in [0.05, 0.1) is 0 Å². The molecule has 0 bridgehead atoms. The summed E-state index contributed by atoms with van der Waals surface area (Å²) in [6.07, 6.45) is 2.72. The van der Waals surface area contributed by atoms with Crippen LogP contribution in [0.2, 0.25) is 0 Å². The number of rotatable bonds is 2. The zero-order valence-electron chi connectivity index (χ0n) is 8.81. The minimum atomic E-state index is 0.316. The number of hydrogen-bond donors (Lipinski definition) is 0. The summed E-state index contributed by atoms with van der Waals surface area (Å²) in [5, 5.41) is 0. The van der Waals surface area contributed by atoms with Crippen LogP contribution in [-0.4, -0.2) is 5.78 Å². The number of Topliss-reactive ketones (excluding diaryl/α,β-unsaturated/α-hetero) is 1. The molecule has 0 aromatic heterocycles. The van der Waals surface area contributed by atoms with Crippen LogP contribution in [0.3, 0.4) is 0 Å². The molecule has 0 amide bonds. The largest absolute Gasteiger partial charge is 0.295 e. The first-order valence-electron chi connectivity index (χ1n) is 4.93. The molecule has 1 rings (SSSR count). The van der Waals surface area contributed by atoms with Gasteiger partial charge in [-0.25, -0.2) is 0 Å². The molecule has 0 aromatic rings. The molecule has 0 radical (unpaired) electrons. The molecule has 0 aromatic carbocycles. The Balaban J connectivity index is 2.88. The Kier molecular flexibility index (Phi) is 3.07. The van der Waals surface area contributed by atoms with E-state index in [-0.39, 0.29) is 0 Å². The van der Waals surface area contributed by atoms with Crippen molar-refractivity contribution in [3.8, 4) is 0 Å². The van der Waals surface area contributed by atoms with Crippen LogP contribution in [-0.2, 0) is 4.79 Å². The maximum Gasteiger partial charge on any atom is 0.159 e. The fourth-order valence-corrected chi connectivity index (χ4v) is 1.85. The van der Waals surface area contributed by atoms with Crippen LogP contribution in [0.25, 0.3) is 0 Å². The molecule has 0 saturated heterocycles.